The maximum Gasteiger partial charge on any atom is 0.322 e. The second kappa shape index (κ2) is 8.49. The van der Waals surface area contributed by atoms with Crippen LogP contribution in [-0.4, -0.2) is 21.4 Å². The average molecular weight is 404 g/mol. The summed E-state index contributed by atoms with van der Waals surface area (Å²) in [6, 6.07) is 21.8. The predicted molar refractivity (Wildman–Crippen MR) is 116 cm³/mol. The fraction of sp³-hybridized carbons (Fsp3) is 0.174. The summed E-state index contributed by atoms with van der Waals surface area (Å²) in [5, 5.41) is 13.2. The van der Waals surface area contributed by atoms with Crippen molar-refractivity contribution in [3.8, 4) is 0 Å². The van der Waals surface area contributed by atoms with Crippen LogP contribution in [0.4, 0.5) is 6.01 Å². The lowest BCUT2D eigenvalue weighted by Gasteiger charge is -2.05. The average Bonchev–Trinajstić information content (AvgIpc) is 3.15. The van der Waals surface area contributed by atoms with Gasteiger partial charge in [-0.05, 0) is 34.5 Å². The van der Waals surface area contributed by atoms with Gasteiger partial charge in [0.05, 0.1) is 6.42 Å². The Hall–Kier alpha value is -3.12. The molecule has 1 amide bonds. The van der Waals surface area contributed by atoms with E-state index in [4.69, 9.17) is 4.42 Å². The molecule has 0 saturated heterocycles. The normalized spacial score (nSPS) is 11.1. The Labute approximate surface area is 173 Å². The highest BCUT2D eigenvalue weighted by molar-refractivity contribution is 7.99. The van der Waals surface area contributed by atoms with E-state index in [1.165, 1.54) is 4.90 Å². The van der Waals surface area contributed by atoms with Crippen LogP contribution in [0.3, 0.4) is 0 Å². The number of aromatic nitrogens is 2. The summed E-state index contributed by atoms with van der Waals surface area (Å²) in [6.07, 6.45) is 0.518. The minimum absolute atomic E-state index is 0.102. The standard InChI is InChI=1S/C23H21N3O2S/c1-15(2)29-18-12-10-16(11-13-18)14-21-25-26-23(28-21)24-22(27)20-9-5-7-17-6-3-4-8-19(17)20/h3-13,15H,14H2,1-2H3,(H,24,26,27). The Morgan fingerprint density at radius 2 is 1.76 bits per heavy atom. The van der Waals surface area contributed by atoms with Gasteiger partial charge >= 0.3 is 6.01 Å². The van der Waals surface area contributed by atoms with E-state index in [2.05, 4.69) is 53.6 Å². The third kappa shape index (κ3) is 4.66. The maximum absolute atomic E-state index is 12.7. The van der Waals surface area contributed by atoms with Crippen molar-refractivity contribution in [1.82, 2.24) is 10.2 Å². The summed E-state index contributed by atoms with van der Waals surface area (Å²) in [5.41, 5.74) is 1.65. The minimum atomic E-state index is -0.271. The van der Waals surface area contributed by atoms with E-state index < -0.39 is 0 Å². The molecule has 0 fully saturated rings. The molecule has 0 unspecified atom stereocenters. The number of carbonyl (C=O) groups is 1. The Kier molecular flexibility index (Phi) is 5.62. The first-order valence-corrected chi connectivity index (χ1v) is 10.3. The highest BCUT2D eigenvalue weighted by Gasteiger charge is 2.14. The Morgan fingerprint density at radius 1 is 1.00 bits per heavy atom. The molecule has 4 rings (SSSR count). The second-order valence-corrected chi connectivity index (χ2v) is 8.62. The van der Waals surface area contributed by atoms with Crippen LogP contribution in [0.5, 0.6) is 0 Å². The third-order valence-corrected chi connectivity index (χ3v) is 5.39. The molecule has 0 aliphatic rings. The number of hydrogen-bond acceptors (Lipinski definition) is 5. The molecule has 0 aliphatic heterocycles. The largest absolute Gasteiger partial charge is 0.407 e. The summed E-state index contributed by atoms with van der Waals surface area (Å²) in [4.78, 5) is 13.9. The van der Waals surface area contributed by atoms with Crippen LogP contribution in [0.2, 0.25) is 0 Å². The van der Waals surface area contributed by atoms with Gasteiger partial charge in [0.15, 0.2) is 0 Å². The molecule has 29 heavy (non-hydrogen) atoms. The van der Waals surface area contributed by atoms with Gasteiger partial charge in [0.2, 0.25) is 5.89 Å². The first kappa shape index (κ1) is 19.2. The number of nitrogens with one attached hydrogen (secondary N) is 1. The van der Waals surface area contributed by atoms with E-state index in [1.807, 2.05) is 48.2 Å². The minimum Gasteiger partial charge on any atom is -0.407 e. The number of amides is 1. The van der Waals surface area contributed by atoms with E-state index in [0.717, 1.165) is 16.3 Å². The number of fused-ring (bicyclic) bond motifs is 1. The number of benzene rings is 3. The lowest BCUT2D eigenvalue weighted by molar-refractivity contribution is 0.102. The molecule has 0 saturated carbocycles. The molecule has 0 spiro atoms. The van der Waals surface area contributed by atoms with Gasteiger partial charge in [-0.3, -0.25) is 10.1 Å². The van der Waals surface area contributed by atoms with Crippen LogP contribution < -0.4 is 5.32 Å². The van der Waals surface area contributed by atoms with E-state index in [0.29, 0.717) is 23.1 Å². The summed E-state index contributed by atoms with van der Waals surface area (Å²) in [7, 11) is 0. The predicted octanol–water partition coefficient (Wildman–Crippen LogP) is 5.57. The lowest BCUT2D eigenvalue weighted by atomic mass is 10.0. The summed E-state index contributed by atoms with van der Waals surface area (Å²) >= 11 is 1.82. The molecule has 4 aromatic rings. The van der Waals surface area contributed by atoms with Crippen molar-refractivity contribution in [2.24, 2.45) is 0 Å². The van der Waals surface area contributed by atoms with Gasteiger partial charge in [-0.15, -0.1) is 16.9 Å². The quantitative estimate of drug-likeness (QED) is 0.427. The van der Waals surface area contributed by atoms with E-state index in [9.17, 15) is 4.79 Å². The van der Waals surface area contributed by atoms with Crippen molar-refractivity contribution < 1.29 is 9.21 Å². The zero-order valence-corrected chi connectivity index (χ0v) is 17.1. The molecule has 5 nitrogen and oxygen atoms in total. The topological polar surface area (TPSA) is 68.0 Å². The highest BCUT2D eigenvalue weighted by atomic mass is 32.2. The Morgan fingerprint density at radius 3 is 2.55 bits per heavy atom. The van der Waals surface area contributed by atoms with E-state index in [-0.39, 0.29) is 11.9 Å². The molecule has 1 heterocycles. The van der Waals surface area contributed by atoms with Gasteiger partial charge in [-0.2, -0.15) is 0 Å². The van der Waals surface area contributed by atoms with Gasteiger partial charge in [0.25, 0.3) is 5.91 Å². The van der Waals surface area contributed by atoms with Crippen molar-refractivity contribution in [1.29, 1.82) is 0 Å². The molecule has 146 valence electrons. The van der Waals surface area contributed by atoms with Crippen LogP contribution in [0, 0.1) is 0 Å². The Balaban J connectivity index is 1.44. The third-order valence-electron chi connectivity index (χ3n) is 4.37. The van der Waals surface area contributed by atoms with Crippen LogP contribution >= 0.6 is 11.8 Å². The number of nitrogens with zero attached hydrogens (tertiary/aromatic N) is 2. The molecule has 0 aliphatic carbocycles. The number of thioether (sulfide) groups is 1. The van der Waals surface area contributed by atoms with Crippen molar-refractivity contribution in [2.45, 2.75) is 30.4 Å². The molecule has 3 aromatic carbocycles. The number of carbonyl (C=O) groups excluding carboxylic acids is 1. The first-order valence-electron chi connectivity index (χ1n) is 9.45. The summed E-state index contributed by atoms with van der Waals surface area (Å²) in [6.45, 7) is 4.34. The van der Waals surface area contributed by atoms with Crippen LogP contribution in [0.15, 0.2) is 76.0 Å². The van der Waals surface area contributed by atoms with Crippen molar-refractivity contribution in [3.63, 3.8) is 0 Å². The number of rotatable bonds is 6. The zero-order valence-electron chi connectivity index (χ0n) is 16.3. The molecule has 1 aromatic heterocycles. The molecular formula is C23H21N3O2S. The van der Waals surface area contributed by atoms with Crippen molar-refractivity contribution >= 4 is 34.5 Å². The number of hydrogen-bond donors (Lipinski definition) is 1. The lowest BCUT2D eigenvalue weighted by Crippen LogP contribution is -2.12. The Bertz CT molecular complexity index is 1130. The molecule has 0 atom stereocenters. The van der Waals surface area contributed by atoms with Crippen molar-refractivity contribution in [2.75, 3.05) is 5.32 Å². The monoisotopic (exact) mass is 403 g/mol. The SMILES string of the molecule is CC(C)Sc1ccc(Cc2nnc(NC(=O)c3cccc4ccccc34)o2)cc1. The second-order valence-electron chi connectivity index (χ2n) is 6.97. The van der Waals surface area contributed by atoms with Gasteiger partial charge in [-0.1, -0.05) is 67.5 Å². The summed E-state index contributed by atoms with van der Waals surface area (Å²) < 4.78 is 5.63. The molecule has 1 N–H and O–H groups in total. The highest BCUT2D eigenvalue weighted by Crippen LogP contribution is 2.24. The van der Waals surface area contributed by atoms with E-state index in [1.54, 1.807) is 6.07 Å². The number of anilines is 1. The molecule has 0 radical (unpaired) electrons. The van der Waals surface area contributed by atoms with Crippen molar-refractivity contribution in [3.05, 3.63) is 83.7 Å². The van der Waals surface area contributed by atoms with Gasteiger partial charge in [0, 0.05) is 15.7 Å². The van der Waals surface area contributed by atoms with E-state index >= 15 is 0 Å². The molecule has 0 bridgehead atoms. The molecular weight excluding hydrogens is 382 g/mol. The summed E-state index contributed by atoms with van der Waals surface area (Å²) in [5.74, 6) is 0.189. The van der Waals surface area contributed by atoms with Gasteiger partial charge < -0.3 is 4.42 Å². The van der Waals surface area contributed by atoms with Crippen LogP contribution in [0.1, 0.15) is 35.7 Å². The van der Waals surface area contributed by atoms with Gasteiger partial charge in [-0.25, -0.2) is 0 Å². The zero-order chi connectivity index (χ0) is 20.2. The first-order chi connectivity index (χ1) is 14.1. The van der Waals surface area contributed by atoms with Gasteiger partial charge in [0.1, 0.15) is 0 Å². The smallest absolute Gasteiger partial charge is 0.322 e. The fourth-order valence-corrected chi connectivity index (χ4v) is 3.93. The fourth-order valence-electron chi connectivity index (χ4n) is 3.10. The molecule has 6 heteroatoms. The maximum atomic E-state index is 12.7. The van der Waals surface area contributed by atoms with Crippen LogP contribution in [0.25, 0.3) is 10.8 Å². The van der Waals surface area contributed by atoms with Crippen LogP contribution in [-0.2, 0) is 6.42 Å².